The van der Waals surface area contributed by atoms with E-state index < -0.39 is 4.87 Å². The molecule has 0 atom stereocenters. The zero-order valence-electron chi connectivity index (χ0n) is 11.9. The first-order valence-corrected chi connectivity index (χ1v) is 7.78. The van der Waals surface area contributed by atoms with Gasteiger partial charge in [0, 0.05) is 13.1 Å². The van der Waals surface area contributed by atoms with Gasteiger partial charge in [-0.05, 0) is 24.0 Å². The van der Waals surface area contributed by atoms with Gasteiger partial charge in [-0.25, -0.2) is 0 Å². The minimum absolute atomic E-state index is 0.743. The molecule has 3 rings (SSSR count). The fourth-order valence-corrected chi connectivity index (χ4v) is 3.08. The Labute approximate surface area is 130 Å². The van der Waals surface area contributed by atoms with Gasteiger partial charge in [0.05, 0.1) is 0 Å². The molecule has 0 aliphatic carbocycles. The van der Waals surface area contributed by atoms with Crippen LogP contribution < -0.4 is 5.32 Å². The summed E-state index contributed by atoms with van der Waals surface area (Å²) in [5.74, 6) is 0.860. The summed E-state index contributed by atoms with van der Waals surface area (Å²) >= 11 is 7.15. The quantitative estimate of drug-likeness (QED) is 0.853. The molecule has 0 bridgehead atoms. The Balaban J connectivity index is 2.13. The van der Waals surface area contributed by atoms with E-state index in [0.717, 1.165) is 42.9 Å². The Hall–Kier alpha value is -1.80. The second kappa shape index (κ2) is 6.31. The number of aliphatic imine (C=N–C) groups is 1. The number of nitrogens with one attached hydrogen (secondary N) is 1. The summed E-state index contributed by atoms with van der Waals surface area (Å²) < 4.78 is 0. The highest BCUT2D eigenvalue weighted by Crippen LogP contribution is 2.37. The third kappa shape index (κ3) is 2.81. The minimum atomic E-state index is -0.743. The van der Waals surface area contributed by atoms with Crippen molar-refractivity contribution in [3.63, 3.8) is 0 Å². The number of nitrogens with zero attached hydrogens (tertiary/aromatic N) is 1. The molecule has 108 valence electrons. The first-order chi connectivity index (χ1) is 10.3. The largest absolute Gasteiger partial charge is 0.372 e. The lowest BCUT2D eigenvalue weighted by molar-refractivity contribution is 0.744. The smallest absolute Gasteiger partial charge is 0.151 e. The van der Waals surface area contributed by atoms with E-state index in [2.05, 4.69) is 29.6 Å². The lowest BCUT2D eigenvalue weighted by Crippen LogP contribution is -2.41. The first kappa shape index (κ1) is 14.2. The maximum Gasteiger partial charge on any atom is 0.151 e. The van der Waals surface area contributed by atoms with Crippen LogP contribution >= 0.6 is 11.6 Å². The Bertz CT molecular complexity index is 568. The normalized spacial score (nSPS) is 15.8. The molecule has 1 N–H and O–H groups in total. The summed E-state index contributed by atoms with van der Waals surface area (Å²) in [7, 11) is 0. The Morgan fingerprint density at radius 1 is 0.857 bits per heavy atom. The summed E-state index contributed by atoms with van der Waals surface area (Å²) in [6.07, 6.45) is 2.23. The second-order valence-electron chi connectivity index (χ2n) is 5.25. The van der Waals surface area contributed by atoms with Gasteiger partial charge in [0.1, 0.15) is 5.84 Å². The SMILES string of the molecule is ClC(C1=NCCCCN1)(c1ccccc1)c1ccccc1. The molecule has 21 heavy (non-hydrogen) atoms. The van der Waals surface area contributed by atoms with Crippen LogP contribution in [0.15, 0.2) is 65.7 Å². The van der Waals surface area contributed by atoms with E-state index in [1.54, 1.807) is 0 Å². The molecule has 0 spiro atoms. The van der Waals surface area contributed by atoms with E-state index in [4.69, 9.17) is 16.6 Å². The van der Waals surface area contributed by atoms with E-state index in [1.807, 2.05) is 36.4 Å². The maximum atomic E-state index is 7.15. The van der Waals surface area contributed by atoms with Gasteiger partial charge in [-0.1, -0.05) is 60.7 Å². The highest BCUT2D eigenvalue weighted by atomic mass is 35.5. The highest BCUT2D eigenvalue weighted by Gasteiger charge is 2.37. The lowest BCUT2D eigenvalue weighted by Gasteiger charge is -2.30. The number of alkyl halides is 1. The van der Waals surface area contributed by atoms with Crippen molar-refractivity contribution in [3.05, 3.63) is 71.8 Å². The molecule has 0 amide bonds. The predicted octanol–water partition coefficient (Wildman–Crippen LogP) is 3.95. The lowest BCUT2D eigenvalue weighted by atomic mass is 9.89. The fourth-order valence-electron chi connectivity index (χ4n) is 2.70. The molecule has 2 aromatic rings. The van der Waals surface area contributed by atoms with E-state index in [0.29, 0.717) is 0 Å². The molecule has 1 heterocycles. The summed E-state index contributed by atoms with van der Waals surface area (Å²) in [6.45, 7) is 1.75. The van der Waals surface area contributed by atoms with Crippen molar-refractivity contribution < 1.29 is 0 Å². The monoisotopic (exact) mass is 298 g/mol. The molecule has 0 saturated carbocycles. The van der Waals surface area contributed by atoms with Crippen molar-refractivity contribution in [2.75, 3.05) is 13.1 Å². The topological polar surface area (TPSA) is 24.4 Å². The van der Waals surface area contributed by atoms with Crippen LogP contribution in [0.2, 0.25) is 0 Å². The van der Waals surface area contributed by atoms with Gasteiger partial charge in [0.25, 0.3) is 0 Å². The molecule has 1 aliphatic rings. The molecule has 2 nitrogen and oxygen atoms in total. The fraction of sp³-hybridized carbons (Fsp3) is 0.278. The number of rotatable bonds is 3. The van der Waals surface area contributed by atoms with Crippen molar-refractivity contribution >= 4 is 17.4 Å². The van der Waals surface area contributed by atoms with Crippen LogP contribution in [0.3, 0.4) is 0 Å². The third-order valence-electron chi connectivity index (χ3n) is 3.82. The number of amidine groups is 1. The maximum absolute atomic E-state index is 7.15. The van der Waals surface area contributed by atoms with E-state index in [-0.39, 0.29) is 0 Å². The van der Waals surface area contributed by atoms with Gasteiger partial charge in [-0.2, -0.15) is 0 Å². The minimum Gasteiger partial charge on any atom is -0.372 e. The predicted molar refractivity (Wildman–Crippen MR) is 89.1 cm³/mol. The van der Waals surface area contributed by atoms with Crippen LogP contribution in [0.5, 0.6) is 0 Å². The average molecular weight is 299 g/mol. The summed E-state index contributed by atoms with van der Waals surface area (Å²) in [6, 6.07) is 20.4. The molecule has 0 fully saturated rings. The van der Waals surface area contributed by atoms with Crippen LogP contribution in [-0.4, -0.2) is 18.9 Å². The summed E-state index contributed by atoms with van der Waals surface area (Å²) in [5.41, 5.74) is 2.09. The molecule has 3 heteroatoms. The molecule has 0 unspecified atom stereocenters. The zero-order valence-corrected chi connectivity index (χ0v) is 12.7. The van der Waals surface area contributed by atoms with Gasteiger partial charge in [-0.3, -0.25) is 4.99 Å². The zero-order chi connectivity index (χ0) is 14.5. The highest BCUT2D eigenvalue weighted by molar-refractivity contribution is 6.38. The molecule has 0 saturated heterocycles. The number of hydrogen-bond acceptors (Lipinski definition) is 2. The van der Waals surface area contributed by atoms with Gasteiger partial charge >= 0.3 is 0 Å². The Morgan fingerprint density at radius 2 is 1.43 bits per heavy atom. The van der Waals surface area contributed by atoms with Gasteiger partial charge in [0.15, 0.2) is 4.87 Å². The third-order valence-corrected chi connectivity index (χ3v) is 4.43. The van der Waals surface area contributed by atoms with E-state index in [9.17, 15) is 0 Å². The van der Waals surface area contributed by atoms with Crippen molar-refractivity contribution in [2.45, 2.75) is 17.7 Å². The Morgan fingerprint density at radius 3 is 2.00 bits per heavy atom. The molecule has 1 aliphatic heterocycles. The molecule has 2 aromatic carbocycles. The summed E-state index contributed by atoms with van der Waals surface area (Å²) in [4.78, 5) is 3.98. The van der Waals surface area contributed by atoms with Crippen LogP contribution in [0.1, 0.15) is 24.0 Å². The van der Waals surface area contributed by atoms with Gasteiger partial charge in [0.2, 0.25) is 0 Å². The van der Waals surface area contributed by atoms with Crippen molar-refractivity contribution in [1.29, 1.82) is 0 Å². The van der Waals surface area contributed by atoms with E-state index in [1.165, 1.54) is 0 Å². The first-order valence-electron chi connectivity index (χ1n) is 7.40. The van der Waals surface area contributed by atoms with Crippen molar-refractivity contribution in [2.24, 2.45) is 4.99 Å². The van der Waals surface area contributed by atoms with Crippen LogP contribution in [0, 0.1) is 0 Å². The van der Waals surface area contributed by atoms with Crippen molar-refractivity contribution in [3.8, 4) is 0 Å². The molecular weight excluding hydrogens is 280 g/mol. The van der Waals surface area contributed by atoms with Gasteiger partial charge in [-0.15, -0.1) is 11.6 Å². The van der Waals surface area contributed by atoms with Crippen LogP contribution in [0.25, 0.3) is 0 Å². The molecular formula is C18H19ClN2. The van der Waals surface area contributed by atoms with Crippen LogP contribution in [-0.2, 0) is 4.87 Å². The number of hydrogen-bond donors (Lipinski definition) is 1. The number of benzene rings is 2. The summed E-state index contributed by atoms with van der Waals surface area (Å²) in [5, 5.41) is 3.44. The van der Waals surface area contributed by atoms with Crippen molar-refractivity contribution in [1.82, 2.24) is 5.32 Å². The molecule has 0 radical (unpaired) electrons. The van der Waals surface area contributed by atoms with Gasteiger partial charge < -0.3 is 5.32 Å². The Kier molecular flexibility index (Phi) is 4.26. The second-order valence-corrected chi connectivity index (χ2v) is 5.82. The molecule has 0 aromatic heterocycles. The van der Waals surface area contributed by atoms with Crippen LogP contribution in [0.4, 0.5) is 0 Å². The standard InChI is InChI=1S/C18H19ClN2/c19-18(15-9-3-1-4-10-15,16-11-5-2-6-12-16)17-20-13-7-8-14-21-17/h1-6,9-12H,7-8,13-14H2,(H,20,21). The van der Waals surface area contributed by atoms with E-state index >= 15 is 0 Å². The average Bonchev–Trinajstić information content (AvgIpc) is 2.85. The number of halogens is 1.